The Hall–Kier alpha value is -0.648. The second-order valence-corrected chi connectivity index (χ2v) is 7.98. The topological polar surface area (TPSA) is 34.1 Å². The molecule has 0 aromatic carbocycles. The predicted octanol–water partition coefficient (Wildman–Crippen LogP) is 1.28. The van der Waals surface area contributed by atoms with Crippen LogP contribution >= 0.6 is 0 Å². The molecular formula is C8H12AlO2-. The first-order valence-electron chi connectivity index (χ1n) is 3.53. The van der Waals surface area contributed by atoms with Crippen LogP contribution in [0.5, 0.6) is 0 Å². The van der Waals surface area contributed by atoms with Crippen LogP contribution in [0.25, 0.3) is 0 Å². The molecule has 0 saturated carbocycles. The van der Waals surface area contributed by atoms with E-state index in [0.29, 0.717) is 0 Å². The fourth-order valence-electron chi connectivity index (χ4n) is 0.729. The van der Waals surface area contributed by atoms with Crippen molar-refractivity contribution in [3.63, 3.8) is 0 Å². The average Bonchev–Trinajstić information content (AvgIpc) is 2.01. The van der Waals surface area contributed by atoms with Gasteiger partial charge in [0.2, 0.25) is 0 Å². The maximum atomic E-state index is 11.1. The molecule has 0 saturated heterocycles. The first-order valence-corrected chi connectivity index (χ1v) is 7.00. The summed E-state index contributed by atoms with van der Waals surface area (Å²) in [5, 5.41) is 0. The van der Waals surface area contributed by atoms with E-state index in [2.05, 4.69) is 13.2 Å². The van der Waals surface area contributed by atoms with Gasteiger partial charge in [0.25, 0.3) is 0 Å². The van der Waals surface area contributed by atoms with Crippen molar-refractivity contribution in [2.75, 3.05) is 0 Å². The first kappa shape index (κ1) is 10.4. The molecule has 0 N–H and O–H groups in total. The van der Waals surface area contributed by atoms with Gasteiger partial charge >= 0.3 is 13.1 Å². The van der Waals surface area contributed by atoms with Gasteiger partial charge in [-0.1, -0.05) is 25.3 Å². The maximum absolute atomic E-state index is 11.1. The summed E-state index contributed by atoms with van der Waals surface area (Å²) < 4.78 is -0.218. The van der Waals surface area contributed by atoms with E-state index < -0.39 is 13.1 Å². The Morgan fingerprint density at radius 2 is 1.36 bits per heavy atom. The molecular weight excluding hydrogens is 155 g/mol. The molecule has 0 heterocycles. The number of hydrogen-bond acceptors (Lipinski definition) is 2. The van der Waals surface area contributed by atoms with Gasteiger partial charge in [0.15, 0.2) is 0 Å². The van der Waals surface area contributed by atoms with Crippen LogP contribution in [0.15, 0.2) is 25.3 Å². The Morgan fingerprint density at radius 3 is 1.55 bits per heavy atom. The lowest BCUT2D eigenvalue weighted by atomic mass is 10.7. The molecule has 0 aromatic rings. The summed E-state index contributed by atoms with van der Waals surface area (Å²) in [5.41, 5.74) is 0. The number of hydrogen-bond donors (Lipinski definition) is 0. The zero-order chi connectivity index (χ0) is 9.07. The minimum absolute atomic E-state index is 0.109. The molecule has 0 radical (unpaired) electrons. The lowest BCUT2D eigenvalue weighted by Gasteiger charge is -2.18. The van der Waals surface area contributed by atoms with Gasteiger partial charge in [0.1, 0.15) is 0 Å². The quantitative estimate of drug-likeness (QED) is 0.467. The molecule has 0 aliphatic heterocycles. The highest BCUT2D eigenvalue weighted by Crippen LogP contribution is 2.06. The molecule has 0 rings (SSSR count). The average molecular weight is 167 g/mol. The minimum Gasteiger partial charge on any atom is -0.350 e. The van der Waals surface area contributed by atoms with Gasteiger partial charge in [-0.25, -0.2) is 0 Å². The van der Waals surface area contributed by atoms with Gasteiger partial charge in [-0.2, -0.15) is 11.6 Å². The molecule has 0 amide bonds. The highest BCUT2D eigenvalue weighted by Gasteiger charge is 2.30. The van der Waals surface area contributed by atoms with Crippen LogP contribution in [0.3, 0.4) is 0 Å². The fourth-order valence-corrected chi connectivity index (χ4v) is 2.19. The van der Waals surface area contributed by atoms with Crippen molar-refractivity contribution in [3.05, 3.63) is 25.3 Å². The van der Waals surface area contributed by atoms with Crippen LogP contribution in [-0.4, -0.2) is 22.4 Å². The van der Waals surface area contributed by atoms with Gasteiger partial charge in [-0.15, -0.1) is 0 Å². The Morgan fingerprint density at radius 1 is 1.09 bits per heavy atom. The molecule has 0 bridgehead atoms. The number of carbonyl (C=O) groups excluding carboxylic acids is 2. The van der Waals surface area contributed by atoms with Crippen LogP contribution in [0, 0.1) is 0 Å². The van der Waals surface area contributed by atoms with Crippen molar-refractivity contribution in [2.24, 2.45) is 0 Å². The summed E-state index contributed by atoms with van der Waals surface area (Å²) in [4.78, 5) is 22.2. The zero-order valence-electron chi connectivity index (χ0n) is 6.96. The molecule has 0 atom stereocenters. The van der Waals surface area contributed by atoms with E-state index in [0.717, 1.165) is 0 Å². The Balaban J connectivity index is 4.70. The first-order chi connectivity index (χ1) is 4.96. The monoisotopic (exact) mass is 167 g/mol. The maximum Gasteiger partial charge on any atom is 0.309 e. The Labute approximate surface area is 69.3 Å². The van der Waals surface area contributed by atoms with Gasteiger partial charge in [-0.05, 0) is 9.29 Å². The third kappa shape index (κ3) is 2.15. The Kier molecular flexibility index (Phi) is 3.44. The van der Waals surface area contributed by atoms with E-state index in [1.165, 1.54) is 12.2 Å². The SMILES string of the molecule is C=C[C](=O)[Al-]([CH3])([CH3])[C](=O)C=C. The molecule has 0 aliphatic rings. The number of rotatable bonds is 4. The molecule has 0 fully saturated rings. The summed E-state index contributed by atoms with van der Waals surface area (Å²) >= 11 is -2.71. The lowest BCUT2D eigenvalue weighted by molar-refractivity contribution is -0.112. The molecule has 60 valence electrons. The fraction of sp³-hybridized carbons (Fsp3) is 0.250. The van der Waals surface area contributed by atoms with Crippen LogP contribution < -0.4 is 0 Å². The highest BCUT2D eigenvalue weighted by atomic mass is 27.2. The molecule has 3 heteroatoms. The van der Waals surface area contributed by atoms with E-state index in [1.807, 2.05) is 0 Å². The smallest absolute Gasteiger partial charge is 0.309 e. The van der Waals surface area contributed by atoms with Gasteiger partial charge in [0, 0.05) is 0 Å². The third-order valence-corrected chi connectivity index (χ3v) is 5.14. The number of allylic oxidation sites excluding steroid dienone is 2. The van der Waals surface area contributed by atoms with E-state index >= 15 is 0 Å². The van der Waals surface area contributed by atoms with Crippen molar-refractivity contribution in [3.8, 4) is 0 Å². The largest absolute Gasteiger partial charge is 0.350 e. The lowest BCUT2D eigenvalue weighted by Crippen LogP contribution is -2.44. The van der Waals surface area contributed by atoms with E-state index in [-0.39, 0.29) is 9.29 Å². The van der Waals surface area contributed by atoms with Crippen LogP contribution in [0.4, 0.5) is 0 Å². The van der Waals surface area contributed by atoms with E-state index in [9.17, 15) is 9.59 Å². The third-order valence-electron chi connectivity index (χ3n) is 1.82. The van der Waals surface area contributed by atoms with Crippen molar-refractivity contribution >= 4 is 22.4 Å². The molecule has 11 heavy (non-hydrogen) atoms. The molecule has 0 spiro atoms. The predicted molar refractivity (Wildman–Crippen MR) is 47.9 cm³/mol. The Bertz CT molecular complexity index is 194. The standard InChI is InChI=1S/2C3H3O.2CH3.Al/c2*1-2-3-4;;;/h2*2H,1H2;2*1H3;/q;;;;-1. The van der Waals surface area contributed by atoms with Crippen molar-refractivity contribution in [2.45, 2.75) is 11.6 Å². The second kappa shape index (κ2) is 3.66. The molecule has 0 aromatic heterocycles. The van der Waals surface area contributed by atoms with E-state index in [4.69, 9.17) is 0 Å². The van der Waals surface area contributed by atoms with Crippen molar-refractivity contribution < 1.29 is 9.59 Å². The van der Waals surface area contributed by atoms with Crippen molar-refractivity contribution in [1.82, 2.24) is 0 Å². The summed E-state index contributed by atoms with van der Waals surface area (Å²) in [6, 6.07) is 0. The van der Waals surface area contributed by atoms with Gasteiger partial charge < -0.3 is 9.59 Å². The summed E-state index contributed by atoms with van der Waals surface area (Å²) in [7, 11) is 0. The summed E-state index contributed by atoms with van der Waals surface area (Å²) in [5.74, 6) is 3.45. The van der Waals surface area contributed by atoms with Gasteiger partial charge in [0.05, 0.1) is 0 Å². The van der Waals surface area contributed by atoms with Crippen LogP contribution in [-0.2, 0) is 9.59 Å². The van der Waals surface area contributed by atoms with Crippen LogP contribution in [0.1, 0.15) is 0 Å². The molecule has 0 aliphatic carbocycles. The van der Waals surface area contributed by atoms with Gasteiger partial charge in [-0.3, -0.25) is 0 Å². The summed E-state index contributed by atoms with van der Waals surface area (Å²) in [6.07, 6.45) is 2.46. The second-order valence-electron chi connectivity index (χ2n) is 3.09. The van der Waals surface area contributed by atoms with E-state index in [1.54, 1.807) is 11.6 Å². The number of carbonyl (C=O) groups is 2. The molecule has 2 nitrogen and oxygen atoms in total. The normalized spacial score (nSPS) is 10.4. The minimum atomic E-state index is -2.71. The van der Waals surface area contributed by atoms with Crippen LogP contribution in [0.2, 0.25) is 11.6 Å². The highest BCUT2D eigenvalue weighted by molar-refractivity contribution is 7.25. The zero-order valence-corrected chi connectivity index (χ0v) is 8.12. The summed E-state index contributed by atoms with van der Waals surface area (Å²) in [6.45, 7) is 6.70. The molecule has 0 unspecified atom stereocenters. The van der Waals surface area contributed by atoms with Crippen molar-refractivity contribution in [1.29, 1.82) is 0 Å².